The lowest BCUT2D eigenvalue weighted by Crippen LogP contribution is -2.46. The van der Waals surface area contributed by atoms with Gasteiger partial charge in [-0.3, -0.25) is 9.09 Å². The first-order valence-corrected chi connectivity index (χ1v) is 7.66. The molecule has 0 aliphatic carbocycles. The number of aliphatic hydroxyl groups is 2. The Morgan fingerprint density at radius 1 is 1.59 bits per heavy atom. The topological polar surface area (TPSA) is 177 Å². The van der Waals surface area contributed by atoms with Crippen LogP contribution in [0.2, 0.25) is 0 Å². The maximum absolute atomic E-state index is 11.8. The predicted octanol–water partition coefficient (Wildman–Crippen LogP) is -2.06. The van der Waals surface area contributed by atoms with E-state index in [0.717, 1.165) is 4.57 Å². The number of rotatable bonds is 4. The summed E-state index contributed by atoms with van der Waals surface area (Å²) in [7, 11) is -4.76. The number of hydrogen-bond acceptors (Lipinski definition) is 8. The maximum atomic E-state index is 11.8. The van der Waals surface area contributed by atoms with Crippen molar-refractivity contribution in [1.29, 1.82) is 0 Å². The van der Waals surface area contributed by atoms with Crippen LogP contribution >= 0.6 is 7.82 Å². The Hall–Kier alpha value is -1.33. The van der Waals surface area contributed by atoms with Gasteiger partial charge in [-0.15, -0.1) is 0 Å². The summed E-state index contributed by atoms with van der Waals surface area (Å²) in [4.78, 5) is 32.6. The van der Waals surface area contributed by atoms with E-state index in [1.165, 1.54) is 19.2 Å². The van der Waals surface area contributed by atoms with E-state index in [1.54, 1.807) is 0 Å². The van der Waals surface area contributed by atoms with Gasteiger partial charge in [-0.25, -0.2) is 9.36 Å². The highest BCUT2D eigenvalue weighted by Gasteiger charge is 2.53. The lowest BCUT2D eigenvalue weighted by Gasteiger charge is -2.27. The lowest BCUT2D eigenvalue weighted by atomic mass is 9.96. The van der Waals surface area contributed by atoms with Crippen molar-refractivity contribution in [3.05, 3.63) is 22.7 Å². The molecular formula is C10H16N3O8P. The molecule has 0 amide bonds. The quantitative estimate of drug-likeness (QED) is 0.384. The first kappa shape index (κ1) is 17.0. The van der Waals surface area contributed by atoms with Gasteiger partial charge >= 0.3 is 13.5 Å². The number of aromatic nitrogens is 2. The van der Waals surface area contributed by atoms with Crippen LogP contribution in [0.3, 0.4) is 0 Å². The number of anilines is 1. The fourth-order valence-corrected chi connectivity index (χ4v) is 2.49. The Kier molecular flexibility index (Phi) is 4.42. The second-order valence-electron chi connectivity index (χ2n) is 5.03. The van der Waals surface area contributed by atoms with Crippen LogP contribution in [0.1, 0.15) is 13.2 Å². The normalized spacial score (nSPS) is 32.3. The number of ether oxygens (including phenoxy) is 1. The summed E-state index contributed by atoms with van der Waals surface area (Å²) in [5.41, 5.74) is 2.64. The van der Waals surface area contributed by atoms with Crippen LogP contribution in [0, 0.1) is 0 Å². The molecule has 0 bridgehead atoms. The highest BCUT2D eigenvalue weighted by molar-refractivity contribution is 7.46. The molecule has 12 heteroatoms. The number of hydrogen-bond donors (Lipinski definition) is 5. The monoisotopic (exact) mass is 337 g/mol. The first-order valence-electron chi connectivity index (χ1n) is 6.13. The number of aliphatic hydroxyl groups excluding tert-OH is 1. The minimum Gasteiger partial charge on any atom is -0.387 e. The van der Waals surface area contributed by atoms with Crippen LogP contribution in [-0.4, -0.2) is 54.0 Å². The van der Waals surface area contributed by atoms with Crippen molar-refractivity contribution >= 4 is 13.6 Å². The smallest absolute Gasteiger partial charge is 0.387 e. The van der Waals surface area contributed by atoms with Crippen LogP contribution in [0.15, 0.2) is 17.1 Å². The van der Waals surface area contributed by atoms with Crippen molar-refractivity contribution in [2.24, 2.45) is 0 Å². The third kappa shape index (κ3) is 3.36. The molecule has 22 heavy (non-hydrogen) atoms. The minimum absolute atomic E-state index is 0.0270. The zero-order valence-electron chi connectivity index (χ0n) is 11.4. The van der Waals surface area contributed by atoms with Gasteiger partial charge < -0.3 is 30.5 Å². The largest absolute Gasteiger partial charge is 0.469 e. The van der Waals surface area contributed by atoms with E-state index in [4.69, 9.17) is 20.3 Å². The Morgan fingerprint density at radius 2 is 2.23 bits per heavy atom. The standard InChI is InChI=1S/C10H16N3O8P/c1-10(16)7(14)5(4-20-22(17,18)19)21-8(10)13-3-2-6(11)12-9(13)15/h2-3,5,7-8,14,16H,4H2,1H3,(H2,11,12,15)(H2,17,18,19)/t5-,7-,8-,10-/m1/s1. The van der Waals surface area contributed by atoms with E-state index < -0.39 is 44.2 Å². The summed E-state index contributed by atoms with van der Waals surface area (Å²) in [5.74, 6) is -0.0270. The molecule has 1 aliphatic rings. The molecule has 0 unspecified atom stereocenters. The van der Waals surface area contributed by atoms with Crippen LogP contribution in [-0.2, 0) is 13.8 Å². The molecule has 1 aromatic heterocycles. The molecule has 1 aromatic rings. The van der Waals surface area contributed by atoms with Crippen molar-refractivity contribution in [2.75, 3.05) is 12.3 Å². The molecule has 0 spiro atoms. The van der Waals surface area contributed by atoms with Gasteiger partial charge in [0.2, 0.25) is 0 Å². The Bertz CT molecular complexity index is 656. The number of phosphoric acid groups is 1. The van der Waals surface area contributed by atoms with Gasteiger partial charge in [-0.1, -0.05) is 0 Å². The maximum Gasteiger partial charge on any atom is 0.469 e. The molecule has 124 valence electrons. The number of nitrogen functional groups attached to an aromatic ring is 1. The molecule has 2 rings (SSSR count). The molecule has 4 atom stereocenters. The SMILES string of the molecule is C[C@@]1(O)[C@H](O)[C@@H](COP(=O)(O)O)O[C@H]1n1ccc(N)nc1=O. The number of phosphoric ester groups is 1. The molecule has 1 saturated heterocycles. The van der Waals surface area contributed by atoms with Crippen LogP contribution in [0.5, 0.6) is 0 Å². The highest BCUT2D eigenvalue weighted by atomic mass is 31.2. The van der Waals surface area contributed by atoms with Gasteiger partial charge in [0.05, 0.1) is 6.61 Å². The third-order valence-electron chi connectivity index (χ3n) is 3.27. The van der Waals surface area contributed by atoms with E-state index >= 15 is 0 Å². The van der Waals surface area contributed by atoms with E-state index in [1.807, 2.05) is 0 Å². The van der Waals surface area contributed by atoms with E-state index in [9.17, 15) is 19.6 Å². The van der Waals surface area contributed by atoms with Gasteiger partial charge in [-0.05, 0) is 13.0 Å². The predicted molar refractivity (Wildman–Crippen MR) is 71.4 cm³/mol. The zero-order valence-corrected chi connectivity index (χ0v) is 12.3. The molecule has 11 nitrogen and oxygen atoms in total. The van der Waals surface area contributed by atoms with Gasteiger partial charge in [0.25, 0.3) is 0 Å². The number of nitrogens with zero attached hydrogens (tertiary/aromatic N) is 2. The number of nitrogens with two attached hydrogens (primary N) is 1. The van der Waals surface area contributed by atoms with Crippen molar-refractivity contribution in [3.8, 4) is 0 Å². The molecule has 2 heterocycles. The summed E-state index contributed by atoms with van der Waals surface area (Å²) in [6, 6.07) is 1.30. The third-order valence-corrected chi connectivity index (χ3v) is 3.75. The molecular weight excluding hydrogens is 321 g/mol. The van der Waals surface area contributed by atoms with Gasteiger partial charge in [-0.2, -0.15) is 4.98 Å². The summed E-state index contributed by atoms with van der Waals surface area (Å²) in [5, 5.41) is 20.3. The van der Waals surface area contributed by atoms with E-state index in [2.05, 4.69) is 9.51 Å². The van der Waals surface area contributed by atoms with Crippen molar-refractivity contribution in [1.82, 2.24) is 9.55 Å². The van der Waals surface area contributed by atoms with Crippen molar-refractivity contribution in [3.63, 3.8) is 0 Å². The fraction of sp³-hybridized carbons (Fsp3) is 0.600. The zero-order chi connectivity index (χ0) is 16.7. The van der Waals surface area contributed by atoms with Crippen LogP contribution in [0.4, 0.5) is 5.82 Å². The van der Waals surface area contributed by atoms with Crippen molar-refractivity contribution in [2.45, 2.75) is 31.0 Å². The van der Waals surface area contributed by atoms with Gasteiger partial charge in [0.15, 0.2) is 6.23 Å². The average Bonchev–Trinajstić information content (AvgIpc) is 2.59. The highest BCUT2D eigenvalue weighted by Crippen LogP contribution is 2.41. The lowest BCUT2D eigenvalue weighted by molar-refractivity contribution is -0.0985. The summed E-state index contributed by atoms with van der Waals surface area (Å²) < 4.78 is 21.2. The van der Waals surface area contributed by atoms with Crippen molar-refractivity contribution < 1.29 is 33.8 Å². The summed E-state index contributed by atoms with van der Waals surface area (Å²) in [6.07, 6.45) is -2.90. The molecule has 6 N–H and O–H groups in total. The van der Waals surface area contributed by atoms with Gasteiger partial charge in [0.1, 0.15) is 23.6 Å². The molecule has 0 saturated carbocycles. The van der Waals surface area contributed by atoms with Crippen LogP contribution in [0.25, 0.3) is 0 Å². The molecule has 1 fully saturated rings. The summed E-state index contributed by atoms with van der Waals surface area (Å²) in [6.45, 7) is 0.540. The minimum atomic E-state index is -4.76. The Morgan fingerprint density at radius 3 is 2.77 bits per heavy atom. The van der Waals surface area contributed by atoms with Gasteiger partial charge in [0, 0.05) is 6.20 Å². The average molecular weight is 337 g/mol. The molecule has 1 aliphatic heterocycles. The Balaban J connectivity index is 2.26. The molecule has 0 aromatic carbocycles. The van der Waals surface area contributed by atoms with E-state index in [-0.39, 0.29) is 5.82 Å². The first-order chi connectivity index (χ1) is 10.0. The van der Waals surface area contributed by atoms with E-state index in [0.29, 0.717) is 0 Å². The fourth-order valence-electron chi connectivity index (χ4n) is 2.15. The summed E-state index contributed by atoms with van der Waals surface area (Å²) >= 11 is 0. The van der Waals surface area contributed by atoms with Crippen LogP contribution < -0.4 is 11.4 Å². The Labute approximate surface area is 124 Å². The second-order valence-corrected chi connectivity index (χ2v) is 6.27. The second kappa shape index (κ2) is 5.70. The molecule has 0 radical (unpaired) electrons.